The van der Waals surface area contributed by atoms with Crippen LogP contribution in [0.2, 0.25) is 0 Å². The molecule has 0 aliphatic carbocycles. The molecule has 0 amide bonds. The highest BCUT2D eigenvalue weighted by atomic mass is 127. The number of hydrazine groups is 1. The van der Waals surface area contributed by atoms with Crippen LogP contribution in [0.3, 0.4) is 0 Å². The van der Waals surface area contributed by atoms with Gasteiger partial charge in [0.1, 0.15) is 0 Å². The lowest BCUT2D eigenvalue weighted by Gasteiger charge is -2.25. The molecule has 2 N–H and O–H groups in total. The number of nitrogens with zero attached hydrogens (tertiary/aromatic N) is 1. The highest BCUT2D eigenvalue weighted by Crippen LogP contribution is 1.82. The van der Waals surface area contributed by atoms with Gasteiger partial charge in [-0.25, -0.2) is 5.01 Å². The highest BCUT2D eigenvalue weighted by molar-refractivity contribution is 14.0. The van der Waals surface area contributed by atoms with Gasteiger partial charge in [0.05, 0.1) is 0 Å². The maximum Gasteiger partial charge on any atom is 0.0256 e. The first kappa shape index (κ1) is 9.61. The molecule has 1 fully saturated rings. The smallest absolute Gasteiger partial charge is 0.0256 e. The van der Waals surface area contributed by atoms with Crippen LogP contribution in [0.4, 0.5) is 0 Å². The molecule has 0 aromatic heterocycles. The van der Waals surface area contributed by atoms with E-state index in [-0.39, 0.29) is 24.0 Å². The van der Waals surface area contributed by atoms with E-state index in [0.717, 1.165) is 26.2 Å². The van der Waals surface area contributed by atoms with Gasteiger partial charge in [-0.2, -0.15) is 0 Å². The van der Waals surface area contributed by atoms with Gasteiger partial charge in [0.25, 0.3) is 0 Å². The zero-order chi connectivity index (χ0) is 5.82. The van der Waals surface area contributed by atoms with Crippen molar-refractivity contribution >= 4 is 24.0 Å². The third kappa shape index (κ3) is 3.34. The first-order valence-corrected chi connectivity index (χ1v) is 3.06. The van der Waals surface area contributed by atoms with E-state index in [9.17, 15) is 0 Å². The molecular formula is C5H14IN3. The Morgan fingerprint density at radius 1 is 1.33 bits per heavy atom. The molecule has 1 rings (SSSR count). The second kappa shape index (κ2) is 5.40. The second-order valence-electron chi connectivity index (χ2n) is 1.96. The lowest BCUT2D eigenvalue weighted by molar-refractivity contribution is 0.182. The van der Waals surface area contributed by atoms with E-state index in [4.69, 9.17) is 0 Å². The van der Waals surface area contributed by atoms with E-state index in [0.29, 0.717) is 0 Å². The summed E-state index contributed by atoms with van der Waals surface area (Å²) in [4.78, 5) is 0. The molecule has 0 unspecified atom stereocenters. The lowest BCUT2D eigenvalue weighted by Crippen LogP contribution is -2.48. The molecule has 0 aromatic rings. The van der Waals surface area contributed by atoms with Crippen molar-refractivity contribution in [1.82, 2.24) is 15.8 Å². The summed E-state index contributed by atoms with van der Waals surface area (Å²) >= 11 is 0. The summed E-state index contributed by atoms with van der Waals surface area (Å²) in [6.07, 6.45) is 0. The summed E-state index contributed by atoms with van der Waals surface area (Å²) in [5.74, 6) is 0. The summed E-state index contributed by atoms with van der Waals surface area (Å²) in [5.41, 5.74) is 3.10. The van der Waals surface area contributed by atoms with Crippen LogP contribution in [0.1, 0.15) is 0 Å². The second-order valence-corrected chi connectivity index (χ2v) is 1.96. The Labute approximate surface area is 73.2 Å². The number of nitrogens with one attached hydrogen (secondary N) is 2. The summed E-state index contributed by atoms with van der Waals surface area (Å²) in [7, 11) is 1.96. The number of piperazine rings is 1. The maximum absolute atomic E-state index is 3.27. The minimum Gasteiger partial charge on any atom is -0.314 e. The van der Waals surface area contributed by atoms with E-state index in [1.54, 1.807) is 0 Å². The molecule has 0 saturated carbocycles. The highest BCUT2D eigenvalue weighted by Gasteiger charge is 2.04. The number of rotatable bonds is 1. The van der Waals surface area contributed by atoms with Crippen LogP contribution in [0, 0.1) is 0 Å². The van der Waals surface area contributed by atoms with Crippen molar-refractivity contribution in [2.45, 2.75) is 0 Å². The van der Waals surface area contributed by atoms with Gasteiger partial charge in [-0.05, 0) is 7.05 Å². The minimum atomic E-state index is 0. The Bertz CT molecular complexity index is 63.2. The van der Waals surface area contributed by atoms with Crippen LogP contribution in [-0.4, -0.2) is 38.2 Å². The largest absolute Gasteiger partial charge is 0.314 e. The summed E-state index contributed by atoms with van der Waals surface area (Å²) in [6, 6.07) is 0. The molecule has 1 heterocycles. The SMILES string of the molecule is CNN1CCNCC1.I. The maximum atomic E-state index is 3.27. The fourth-order valence-electron chi connectivity index (χ4n) is 0.888. The molecule has 1 aliphatic heterocycles. The quantitative estimate of drug-likeness (QED) is 0.616. The van der Waals surface area contributed by atoms with Crippen LogP contribution in [-0.2, 0) is 0 Å². The first-order chi connectivity index (χ1) is 3.93. The molecule has 9 heavy (non-hydrogen) atoms. The van der Waals surface area contributed by atoms with Gasteiger partial charge in [0.2, 0.25) is 0 Å². The van der Waals surface area contributed by atoms with E-state index in [2.05, 4.69) is 15.8 Å². The molecule has 56 valence electrons. The molecule has 1 aliphatic rings. The third-order valence-corrected chi connectivity index (χ3v) is 1.43. The van der Waals surface area contributed by atoms with Crippen LogP contribution in [0.25, 0.3) is 0 Å². The van der Waals surface area contributed by atoms with Crippen molar-refractivity contribution < 1.29 is 0 Å². The molecule has 0 atom stereocenters. The predicted octanol–water partition coefficient (Wildman–Crippen LogP) is -0.356. The van der Waals surface area contributed by atoms with Gasteiger partial charge in [-0.1, -0.05) is 0 Å². The van der Waals surface area contributed by atoms with Gasteiger partial charge >= 0.3 is 0 Å². The normalized spacial score (nSPS) is 21.0. The Hall–Kier alpha value is 0.610. The molecular weight excluding hydrogens is 229 g/mol. The zero-order valence-corrected chi connectivity index (χ0v) is 8.01. The lowest BCUT2D eigenvalue weighted by atomic mass is 10.4. The number of halogens is 1. The minimum absolute atomic E-state index is 0. The summed E-state index contributed by atoms with van der Waals surface area (Å²) in [5, 5.41) is 5.47. The van der Waals surface area contributed by atoms with Gasteiger partial charge in [-0.15, -0.1) is 24.0 Å². The Morgan fingerprint density at radius 2 is 1.89 bits per heavy atom. The molecule has 3 nitrogen and oxygen atoms in total. The average molecular weight is 243 g/mol. The Morgan fingerprint density at radius 3 is 2.22 bits per heavy atom. The summed E-state index contributed by atoms with van der Waals surface area (Å²) < 4.78 is 0. The van der Waals surface area contributed by atoms with Gasteiger partial charge in [0.15, 0.2) is 0 Å². The van der Waals surface area contributed by atoms with Crippen LogP contribution >= 0.6 is 24.0 Å². The summed E-state index contributed by atoms with van der Waals surface area (Å²) in [6.45, 7) is 4.47. The number of hydrogen-bond donors (Lipinski definition) is 2. The predicted molar refractivity (Wildman–Crippen MR) is 48.9 cm³/mol. The van der Waals surface area contributed by atoms with Crippen LogP contribution in [0.5, 0.6) is 0 Å². The number of hydrogen-bond acceptors (Lipinski definition) is 3. The van der Waals surface area contributed by atoms with Gasteiger partial charge in [0, 0.05) is 26.2 Å². The van der Waals surface area contributed by atoms with Crippen molar-refractivity contribution in [1.29, 1.82) is 0 Å². The third-order valence-electron chi connectivity index (χ3n) is 1.43. The van der Waals surface area contributed by atoms with E-state index in [1.807, 2.05) is 7.05 Å². The van der Waals surface area contributed by atoms with Crippen molar-refractivity contribution in [3.63, 3.8) is 0 Å². The molecule has 0 radical (unpaired) electrons. The molecule has 4 heteroatoms. The fraction of sp³-hybridized carbons (Fsp3) is 1.00. The topological polar surface area (TPSA) is 27.3 Å². The van der Waals surface area contributed by atoms with E-state index >= 15 is 0 Å². The Kier molecular flexibility index (Phi) is 5.77. The van der Waals surface area contributed by atoms with Crippen molar-refractivity contribution in [3.8, 4) is 0 Å². The average Bonchev–Trinajstić information content (AvgIpc) is 1.90. The van der Waals surface area contributed by atoms with Crippen LogP contribution < -0.4 is 10.7 Å². The van der Waals surface area contributed by atoms with Gasteiger partial charge < -0.3 is 5.32 Å². The monoisotopic (exact) mass is 243 g/mol. The van der Waals surface area contributed by atoms with E-state index < -0.39 is 0 Å². The van der Waals surface area contributed by atoms with Crippen molar-refractivity contribution in [2.24, 2.45) is 0 Å². The standard InChI is InChI=1S/C5H13N3.HI/c1-6-8-4-2-7-3-5-8;/h6-7H,2-5H2,1H3;1H. The fourth-order valence-corrected chi connectivity index (χ4v) is 0.888. The zero-order valence-electron chi connectivity index (χ0n) is 5.68. The van der Waals surface area contributed by atoms with Crippen molar-refractivity contribution in [2.75, 3.05) is 33.2 Å². The van der Waals surface area contributed by atoms with E-state index in [1.165, 1.54) is 0 Å². The molecule has 0 aromatic carbocycles. The Balaban J connectivity index is 0.000000640. The molecule has 1 saturated heterocycles. The van der Waals surface area contributed by atoms with Crippen molar-refractivity contribution in [3.05, 3.63) is 0 Å². The van der Waals surface area contributed by atoms with Gasteiger partial charge in [-0.3, -0.25) is 5.43 Å². The molecule has 0 spiro atoms. The van der Waals surface area contributed by atoms with Crippen LogP contribution in [0.15, 0.2) is 0 Å². The molecule has 0 bridgehead atoms. The first-order valence-electron chi connectivity index (χ1n) is 3.06.